The quantitative estimate of drug-likeness (QED) is 0.755. The molecule has 0 spiro atoms. The number of carbonyl (C=O) groups is 1. The number of amides is 1. The molecule has 1 aromatic rings. The summed E-state index contributed by atoms with van der Waals surface area (Å²) in [5, 5.41) is 3.07. The largest absolute Gasteiger partial charge is 0.349 e. The van der Waals surface area contributed by atoms with Gasteiger partial charge in [-0.25, -0.2) is 4.39 Å². The lowest BCUT2D eigenvalue weighted by Crippen LogP contribution is -2.53. The van der Waals surface area contributed by atoms with Crippen molar-refractivity contribution in [3.8, 4) is 0 Å². The Balaban J connectivity index is 0.00000484. The van der Waals surface area contributed by atoms with Gasteiger partial charge in [-0.1, -0.05) is 39.0 Å². The molecule has 0 fully saturated rings. The lowest BCUT2D eigenvalue weighted by Gasteiger charge is -2.32. The van der Waals surface area contributed by atoms with Gasteiger partial charge in [0.2, 0.25) is 5.91 Å². The average Bonchev–Trinajstić information content (AvgIpc) is 2.45. The third kappa shape index (κ3) is 7.32. The summed E-state index contributed by atoms with van der Waals surface area (Å²) in [6, 6.07) is 6.71. The Morgan fingerprint density at radius 1 is 1.30 bits per heavy atom. The number of hydrogen-bond acceptors (Lipinski definition) is 2. The van der Waals surface area contributed by atoms with Gasteiger partial charge in [-0.2, -0.15) is 0 Å². The Bertz CT molecular complexity index is 496. The van der Waals surface area contributed by atoms with Crippen LogP contribution in [0.2, 0.25) is 0 Å². The van der Waals surface area contributed by atoms with Gasteiger partial charge in [0.15, 0.2) is 0 Å². The van der Waals surface area contributed by atoms with E-state index in [1.54, 1.807) is 12.1 Å². The second-order valence-corrected chi connectivity index (χ2v) is 6.88. The van der Waals surface area contributed by atoms with Gasteiger partial charge in [0.05, 0.1) is 0 Å². The molecule has 0 aliphatic heterocycles. The molecular formula is C18H30ClFN2O. The van der Waals surface area contributed by atoms with E-state index in [1.165, 1.54) is 6.07 Å². The fourth-order valence-corrected chi connectivity index (χ4v) is 2.71. The van der Waals surface area contributed by atoms with Gasteiger partial charge < -0.3 is 11.1 Å². The van der Waals surface area contributed by atoms with Crippen LogP contribution in [0, 0.1) is 17.7 Å². The minimum atomic E-state index is -0.377. The molecule has 0 bridgehead atoms. The number of carbonyl (C=O) groups excluding carboxylic acids is 1. The molecular weight excluding hydrogens is 315 g/mol. The third-order valence-electron chi connectivity index (χ3n) is 3.99. The van der Waals surface area contributed by atoms with Crippen molar-refractivity contribution in [2.24, 2.45) is 17.6 Å². The van der Waals surface area contributed by atoms with Crippen LogP contribution in [-0.2, 0) is 11.2 Å². The first-order valence-electron chi connectivity index (χ1n) is 8.03. The summed E-state index contributed by atoms with van der Waals surface area (Å²) in [5.74, 6) is 0.0758. The predicted molar refractivity (Wildman–Crippen MR) is 96.2 cm³/mol. The van der Waals surface area contributed by atoms with Crippen molar-refractivity contribution in [1.29, 1.82) is 0 Å². The molecule has 0 radical (unpaired) electrons. The van der Waals surface area contributed by atoms with Crippen LogP contribution in [-0.4, -0.2) is 18.0 Å². The van der Waals surface area contributed by atoms with Crippen LogP contribution in [0.5, 0.6) is 0 Å². The number of nitrogens with two attached hydrogens (primary N) is 1. The van der Waals surface area contributed by atoms with Crippen LogP contribution in [0.15, 0.2) is 24.3 Å². The average molecular weight is 345 g/mol. The van der Waals surface area contributed by atoms with Gasteiger partial charge in [0, 0.05) is 18.0 Å². The van der Waals surface area contributed by atoms with Crippen molar-refractivity contribution in [3.05, 3.63) is 35.6 Å². The highest BCUT2D eigenvalue weighted by molar-refractivity contribution is 5.85. The maximum absolute atomic E-state index is 13.6. The van der Waals surface area contributed by atoms with Crippen LogP contribution in [0.4, 0.5) is 4.39 Å². The van der Waals surface area contributed by atoms with Crippen molar-refractivity contribution in [2.45, 2.75) is 52.5 Å². The van der Waals surface area contributed by atoms with E-state index in [0.29, 0.717) is 30.9 Å². The third-order valence-corrected chi connectivity index (χ3v) is 3.99. The fraction of sp³-hybridized carbons (Fsp3) is 0.611. The normalized spacial score (nSPS) is 14.7. The summed E-state index contributed by atoms with van der Waals surface area (Å²) >= 11 is 0. The number of aryl methyl sites for hydroxylation is 1. The maximum Gasteiger partial charge on any atom is 0.223 e. The Labute approximate surface area is 145 Å². The Kier molecular flexibility index (Phi) is 9.40. The van der Waals surface area contributed by atoms with E-state index in [-0.39, 0.29) is 35.6 Å². The summed E-state index contributed by atoms with van der Waals surface area (Å²) in [6.07, 6.45) is 2.02. The van der Waals surface area contributed by atoms with Crippen LogP contribution in [0.1, 0.15) is 46.1 Å². The van der Waals surface area contributed by atoms with Crippen LogP contribution in [0.25, 0.3) is 0 Å². The van der Waals surface area contributed by atoms with Gasteiger partial charge in [-0.05, 0) is 43.7 Å². The standard InChI is InChI=1S/C18H29FN2O.ClH/c1-13(2)11-18(4,12-20)21-17(22)14(3)9-10-15-7-5-6-8-16(15)19;/h5-8,13-14H,9-12,20H2,1-4H3,(H,21,22);1H. The van der Waals surface area contributed by atoms with Gasteiger partial charge in [-0.3, -0.25) is 4.79 Å². The number of rotatable bonds is 8. The minimum absolute atomic E-state index is 0. The summed E-state index contributed by atoms with van der Waals surface area (Å²) in [4.78, 5) is 12.3. The van der Waals surface area contributed by atoms with Gasteiger partial charge in [0.25, 0.3) is 0 Å². The SMILES string of the molecule is CC(C)CC(C)(CN)NC(=O)C(C)CCc1ccccc1F.Cl. The van der Waals surface area contributed by atoms with Crippen molar-refractivity contribution in [2.75, 3.05) is 6.54 Å². The molecule has 0 aliphatic rings. The van der Waals surface area contributed by atoms with E-state index in [9.17, 15) is 9.18 Å². The number of benzene rings is 1. The second kappa shape index (κ2) is 9.89. The summed E-state index contributed by atoms with van der Waals surface area (Å²) in [5.41, 5.74) is 6.11. The van der Waals surface area contributed by atoms with Crippen LogP contribution >= 0.6 is 12.4 Å². The van der Waals surface area contributed by atoms with Gasteiger partial charge in [-0.15, -0.1) is 12.4 Å². The zero-order chi connectivity index (χ0) is 16.8. The van der Waals surface area contributed by atoms with E-state index in [0.717, 1.165) is 6.42 Å². The first kappa shape index (κ1) is 21.9. The lowest BCUT2D eigenvalue weighted by atomic mass is 9.89. The molecule has 23 heavy (non-hydrogen) atoms. The van der Waals surface area contributed by atoms with Crippen LogP contribution in [0.3, 0.4) is 0 Å². The first-order chi connectivity index (χ1) is 10.3. The Morgan fingerprint density at radius 2 is 1.91 bits per heavy atom. The zero-order valence-electron chi connectivity index (χ0n) is 14.6. The highest BCUT2D eigenvalue weighted by atomic mass is 35.5. The van der Waals surface area contributed by atoms with E-state index in [4.69, 9.17) is 5.73 Å². The molecule has 0 aliphatic carbocycles. The lowest BCUT2D eigenvalue weighted by molar-refractivity contribution is -0.126. The molecule has 3 N–H and O–H groups in total. The van der Waals surface area contributed by atoms with Crippen molar-refractivity contribution < 1.29 is 9.18 Å². The van der Waals surface area contributed by atoms with Crippen molar-refractivity contribution in [3.63, 3.8) is 0 Å². The van der Waals surface area contributed by atoms with Gasteiger partial charge >= 0.3 is 0 Å². The molecule has 0 aromatic heterocycles. The van der Waals surface area contributed by atoms with Crippen LogP contribution < -0.4 is 11.1 Å². The maximum atomic E-state index is 13.6. The highest BCUT2D eigenvalue weighted by Gasteiger charge is 2.27. The molecule has 0 saturated carbocycles. The Morgan fingerprint density at radius 3 is 2.43 bits per heavy atom. The molecule has 0 saturated heterocycles. The fourth-order valence-electron chi connectivity index (χ4n) is 2.71. The molecule has 132 valence electrons. The highest BCUT2D eigenvalue weighted by Crippen LogP contribution is 2.18. The number of nitrogens with one attached hydrogen (secondary N) is 1. The van der Waals surface area contributed by atoms with E-state index in [1.807, 2.05) is 19.9 Å². The minimum Gasteiger partial charge on any atom is -0.349 e. The predicted octanol–water partition coefficient (Wildman–Crippen LogP) is 3.70. The molecule has 1 aromatic carbocycles. The molecule has 0 heterocycles. The smallest absolute Gasteiger partial charge is 0.223 e. The summed E-state index contributed by atoms with van der Waals surface area (Å²) in [7, 11) is 0. The monoisotopic (exact) mass is 344 g/mol. The summed E-state index contributed by atoms with van der Waals surface area (Å²) in [6.45, 7) is 8.50. The van der Waals surface area contributed by atoms with E-state index < -0.39 is 0 Å². The number of hydrogen-bond donors (Lipinski definition) is 2. The number of halogens is 2. The summed E-state index contributed by atoms with van der Waals surface area (Å²) < 4.78 is 13.6. The van der Waals surface area contributed by atoms with E-state index in [2.05, 4.69) is 19.2 Å². The zero-order valence-corrected chi connectivity index (χ0v) is 15.4. The molecule has 2 unspecified atom stereocenters. The topological polar surface area (TPSA) is 55.1 Å². The molecule has 5 heteroatoms. The second-order valence-electron chi connectivity index (χ2n) is 6.88. The molecule has 1 amide bonds. The Hall–Kier alpha value is -1.13. The van der Waals surface area contributed by atoms with E-state index >= 15 is 0 Å². The molecule has 3 nitrogen and oxygen atoms in total. The first-order valence-corrected chi connectivity index (χ1v) is 8.03. The molecule has 1 rings (SSSR count). The molecule has 2 atom stereocenters. The van der Waals surface area contributed by atoms with Gasteiger partial charge in [0.1, 0.15) is 5.82 Å². The van der Waals surface area contributed by atoms with Crippen molar-refractivity contribution >= 4 is 18.3 Å². The van der Waals surface area contributed by atoms with Crippen molar-refractivity contribution in [1.82, 2.24) is 5.32 Å².